The molecule has 0 unspecified atom stereocenters. The first kappa shape index (κ1) is 24.1. The SMILES string of the molecule is CCOc1ccc(-c2ccc(COc3ccc(C4CCC(CO)CC4)c(F)c3F)cc2)c(F)c1. The van der Waals surface area contributed by atoms with E-state index in [-0.39, 0.29) is 36.6 Å². The van der Waals surface area contributed by atoms with Crippen molar-refractivity contribution in [3.63, 3.8) is 0 Å². The number of rotatable bonds is 8. The highest BCUT2D eigenvalue weighted by Gasteiger charge is 2.26. The molecule has 1 aliphatic carbocycles. The standard InChI is InChI=1S/C28H29F3O3/c1-2-33-22-11-12-23(25(29)15-22)20-9-5-19(6-10-20)17-34-26-14-13-24(27(30)28(26)31)21-7-3-18(16-32)4-8-21/h5-6,9-15,18,21,32H,2-4,7-8,16-17H2,1H3. The molecule has 0 saturated heterocycles. The second-order valence-electron chi connectivity index (χ2n) is 8.74. The quantitative estimate of drug-likeness (QED) is 0.385. The van der Waals surface area contributed by atoms with Crippen LogP contribution in [0.1, 0.15) is 49.7 Å². The van der Waals surface area contributed by atoms with E-state index >= 15 is 0 Å². The van der Waals surface area contributed by atoms with Gasteiger partial charge in [0.25, 0.3) is 0 Å². The van der Waals surface area contributed by atoms with Crippen molar-refractivity contribution < 1.29 is 27.8 Å². The number of hydrogen-bond acceptors (Lipinski definition) is 3. The highest BCUT2D eigenvalue weighted by atomic mass is 19.2. The maximum absolute atomic E-state index is 14.8. The molecule has 0 aliphatic heterocycles. The average Bonchev–Trinajstić information content (AvgIpc) is 2.86. The van der Waals surface area contributed by atoms with E-state index in [4.69, 9.17) is 9.47 Å². The Kier molecular flexibility index (Phi) is 7.78. The highest BCUT2D eigenvalue weighted by molar-refractivity contribution is 5.65. The molecule has 0 heterocycles. The van der Waals surface area contributed by atoms with Gasteiger partial charge in [0, 0.05) is 18.2 Å². The van der Waals surface area contributed by atoms with Crippen molar-refractivity contribution in [1.82, 2.24) is 0 Å². The monoisotopic (exact) mass is 470 g/mol. The van der Waals surface area contributed by atoms with E-state index in [2.05, 4.69) is 0 Å². The highest BCUT2D eigenvalue weighted by Crippen LogP contribution is 2.38. The topological polar surface area (TPSA) is 38.7 Å². The van der Waals surface area contributed by atoms with E-state index in [1.807, 2.05) is 6.92 Å². The third-order valence-corrected chi connectivity index (χ3v) is 6.53. The Bertz CT molecular complexity index is 1110. The first-order valence-corrected chi connectivity index (χ1v) is 11.7. The molecule has 0 amide bonds. The zero-order valence-electron chi connectivity index (χ0n) is 19.2. The predicted molar refractivity (Wildman–Crippen MR) is 125 cm³/mol. The Morgan fingerprint density at radius 2 is 1.59 bits per heavy atom. The smallest absolute Gasteiger partial charge is 0.200 e. The lowest BCUT2D eigenvalue weighted by atomic mass is 9.79. The van der Waals surface area contributed by atoms with Crippen LogP contribution >= 0.6 is 0 Å². The van der Waals surface area contributed by atoms with Gasteiger partial charge >= 0.3 is 0 Å². The zero-order chi connectivity index (χ0) is 24.1. The summed E-state index contributed by atoms with van der Waals surface area (Å²) in [5, 5.41) is 9.28. The van der Waals surface area contributed by atoms with E-state index in [0.717, 1.165) is 31.2 Å². The molecule has 4 rings (SSSR count). The fraction of sp³-hybridized carbons (Fsp3) is 0.357. The van der Waals surface area contributed by atoms with E-state index < -0.39 is 11.6 Å². The minimum absolute atomic E-state index is 0.0399. The molecule has 6 heteroatoms. The molecule has 3 nitrogen and oxygen atoms in total. The molecule has 1 fully saturated rings. The summed E-state index contributed by atoms with van der Waals surface area (Å²) in [4.78, 5) is 0. The molecule has 34 heavy (non-hydrogen) atoms. The first-order chi connectivity index (χ1) is 16.5. The Labute approximate surface area is 198 Å². The molecular formula is C28H29F3O3. The molecule has 1 saturated carbocycles. The summed E-state index contributed by atoms with van der Waals surface area (Å²) in [7, 11) is 0. The lowest BCUT2D eigenvalue weighted by Gasteiger charge is -2.28. The van der Waals surface area contributed by atoms with Crippen LogP contribution in [0.2, 0.25) is 0 Å². The van der Waals surface area contributed by atoms with Crippen molar-refractivity contribution in [3.05, 3.63) is 83.2 Å². The number of aliphatic hydroxyl groups is 1. The van der Waals surface area contributed by atoms with Gasteiger partial charge in [-0.2, -0.15) is 4.39 Å². The third-order valence-electron chi connectivity index (χ3n) is 6.53. The van der Waals surface area contributed by atoms with Gasteiger partial charge in [0.15, 0.2) is 11.6 Å². The van der Waals surface area contributed by atoms with Crippen LogP contribution in [0, 0.1) is 23.4 Å². The Morgan fingerprint density at radius 1 is 0.853 bits per heavy atom. The van der Waals surface area contributed by atoms with Crippen LogP contribution in [0.3, 0.4) is 0 Å². The third kappa shape index (κ3) is 5.39. The minimum atomic E-state index is -0.977. The predicted octanol–water partition coefficient (Wildman–Crippen LogP) is 7.01. The minimum Gasteiger partial charge on any atom is -0.494 e. The second kappa shape index (κ2) is 11.0. The summed E-state index contributed by atoms with van der Waals surface area (Å²) in [5.74, 6) is -1.65. The van der Waals surface area contributed by atoms with E-state index in [1.54, 1.807) is 42.5 Å². The zero-order valence-corrected chi connectivity index (χ0v) is 19.2. The Balaban J connectivity index is 1.40. The lowest BCUT2D eigenvalue weighted by Crippen LogP contribution is -2.17. The Morgan fingerprint density at radius 3 is 2.24 bits per heavy atom. The van der Waals surface area contributed by atoms with E-state index in [9.17, 15) is 18.3 Å². The second-order valence-corrected chi connectivity index (χ2v) is 8.74. The van der Waals surface area contributed by atoms with Gasteiger partial charge in [-0.15, -0.1) is 0 Å². The molecule has 3 aromatic carbocycles. The van der Waals surface area contributed by atoms with Gasteiger partial charge in [-0.25, -0.2) is 8.78 Å². The largest absolute Gasteiger partial charge is 0.494 e. The number of hydrogen-bond donors (Lipinski definition) is 1. The number of halogens is 3. The van der Waals surface area contributed by atoms with Gasteiger partial charge in [-0.05, 0) is 79.3 Å². The summed E-state index contributed by atoms with van der Waals surface area (Å²) >= 11 is 0. The van der Waals surface area contributed by atoms with Crippen molar-refractivity contribution in [2.24, 2.45) is 5.92 Å². The van der Waals surface area contributed by atoms with Gasteiger partial charge in [0.2, 0.25) is 5.82 Å². The van der Waals surface area contributed by atoms with E-state index in [0.29, 0.717) is 29.0 Å². The first-order valence-electron chi connectivity index (χ1n) is 11.7. The molecule has 0 atom stereocenters. The van der Waals surface area contributed by atoms with Gasteiger partial charge in [-0.1, -0.05) is 30.3 Å². The molecule has 0 radical (unpaired) electrons. The average molecular weight is 471 g/mol. The van der Waals surface area contributed by atoms with Crippen LogP contribution in [0.25, 0.3) is 11.1 Å². The fourth-order valence-electron chi connectivity index (χ4n) is 4.56. The molecule has 1 aliphatic rings. The normalized spacial score (nSPS) is 18.0. The summed E-state index contributed by atoms with van der Waals surface area (Å²) in [6.45, 7) is 2.51. The van der Waals surface area contributed by atoms with E-state index in [1.165, 1.54) is 12.1 Å². The van der Waals surface area contributed by atoms with Crippen LogP contribution in [0.4, 0.5) is 13.2 Å². The van der Waals surface area contributed by atoms with Crippen LogP contribution in [-0.4, -0.2) is 18.3 Å². The number of aliphatic hydroxyl groups excluding tert-OH is 1. The van der Waals surface area contributed by atoms with Crippen LogP contribution < -0.4 is 9.47 Å². The molecule has 0 spiro atoms. The van der Waals surface area contributed by atoms with Crippen molar-refractivity contribution in [2.45, 2.75) is 45.1 Å². The maximum Gasteiger partial charge on any atom is 0.200 e. The fourth-order valence-corrected chi connectivity index (χ4v) is 4.56. The molecular weight excluding hydrogens is 441 g/mol. The molecule has 3 aromatic rings. The summed E-state index contributed by atoms with van der Waals surface area (Å²) in [6, 6.07) is 14.9. The van der Waals surface area contributed by atoms with Crippen LogP contribution in [0.5, 0.6) is 11.5 Å². The summed E-state index contributed by atoms with van der Waals surface area (Å²) in [6.07, 6.45) is 3.11. The number of benzene rings is 3. The van der Waals surface area contributed by atoms with Crippen LogP contribution in [0.15, 0.2) is 54.6 Å². The van der Waals surface area contributed by atoms with Crippen molar-refractivity contribution in [1.29, 1.82) is 0 Å². The van der Waals surface area contributed by atoms with Gasteiger partial charge in [0.05, 0.1) is 6.61 Å². The van der Waals surface area contributed by atoms with Crippen molar-refractivity contribution in [2.75, 3.05) is 13.2 Å². The number of ether oxygens (including phenoxy) is 2. The molecule has 1 N–H and O–H groups in total. The maximum atomic E-state index is 14.8. The van der Waals surface area contributed by atoms with Gasteiger partial charge < -0.3 is 14.6 Å². The van der Waals surface area contributed by atoms with Crippen molar-refractivity contribution in [3.8, 4) is 22.6 Å². The summed E-state index contributed by atoms with van der Waals surface area (Å²) in [5.41, 5.74) is 2.28. The van der Waals surface area contributed by atoms with Crippen molar-refractivity contribution >= 4 is 0 Å². The lowest BCUT2D eigenvalue weighted by molar-refractivity contribution is 0.181. The Hall–Kier alpha value is -2.99. The van der Waals surface area contributed by atoms with Crippen LogP contribution in [-0.2, 0) is 6.61 Å². The molecule has 0 bridgehead atoms. The molecule has 0 aromatic heterocycles. The van der Waals surface area contributed by atoms with Gasteiger partial charge in [0.1, 0.15) is 18.2 Å². The molecule has 180 valence electrons. The summed E-state index contributed by atoms with van der Waals surface area (Å²) < 4.78 is 54.7. The van der Waals surface area contributed by atoms with Gasteiger partial charge in [-0.3, -0.25) is 0 Å².